The second-order valence-corrected chi connectivity index (χ2v) is 10.2. The molecule has 2 amide bonds. The smallest absolute Gasteiger partial charge is 0.337 e. The lowest BCUT2D eigenvalue weighted by Gasteiger charge is -2.25. The number of ether oxygens (including phenoxy) is 5. The predicted octanol–water partition coefficient (Wildman–Crippen LogP) is 5.16. The fraction of sp³-hybridized carbons (Fsp3) is 0.281. The van der Waals surface area contributed by atoms with Crippen molar-refractivity contribution in [1.82, 2.24) is 4.90 Å². The molecule has 0 aromatic heterocycles. The van der Waals surface area contributed by atoms with Gasteiger partial charge in [0.1, 0.15) is 5.60 Å². The average molecular weight is 560 g/mol. The second kappa shape index (κ2) is 11.8. The Kier molecular flexibility index (Phi) is 8.37. The summed E-state index contributed by atoms with van der Waals surface area (Å²) in [5, 5.41) is 0. The average Bonchev–Trinajstić information content (AvgIpc) is 3.20. The fourth-order valence-corrected chi connectivity index (χ4v) is 4.62. The maximum atomic E-state index is 13.9. The quantitative estimate of drug-likeness (QED) is 0.201. The molecule has 0 saturated carbocycles. The number of esters is 1. The minimum Gasteiger partial charge on any atom is -0.493 e. The Labute approximate surface area is 239 Å². The highest BCUT2D eigenvalue weighted by Crippen LogP contribution is 2.39. The number of rotatable bonds is 9. The molecule has 3 aromatic rings. The van der Waals surface area contributed by atoms with Crippen molar-refractivity contribution in [1.29, 1.82) is 0 Å². The van der Waals surface area contributed by atoms with Crippen molar-refractivity contribution in [3.63, 3.8) is 0 Å². The molecule has 214 valence electrons. The van der Waals surface area contributed by atoms with Crippen LogP contribution in [0.1, 0.15) is 52.6 Å². The van der Waals surface area contributed by atoms with Crippen LogP contribution in [-0.2, 0) is 9.53 Å². The molecular formula is C32H33NO8. The minimum absolute atomic E-state index is 0.0915. The van der Waals surface area contributed by atoms with Gasteiger partial charge in [-0.05, 0) is 68.3 Å². The lowest BCUT2D eigenvalue weighted by atomic mass is 9.91. The summed E-state index contributed by atoms with van der Waals surface area (Å²) in [4.78, 5) is 41.7. The Morgan fingerprint density at radius 1 is 0.683 bits per heavy atom. The van der Waals surface area contributed by atoms with Crippen molar-refractivity contribution in [2.45, 2.75) is 26.4 Å². The zero-order valence-corrected chi connectivity index (χ0v) is 24.2. The first-order valence-corrected chi connectivity index (χ1v) is 12.9. The van der Waals surface area contributed by atoms with Crippen molar-refractivity contribution in [3.05, 3.63) is 88.5 Å². The van der Waals surface area contributed by atoms with Gasteiger partial charge in [-0.3, -0.25) is 14.5 Å². The standard InChI is InChI=1S/C32H33NO8/c1-32(2,3)41-31(36)23(18-33-29(34)21-10-8-9-11-22(21)30(33)35)28(19-12-14-24(37-4)26(16-19)39-6)20-13-15-25(38-5)27(17-20)40-7/h8-17H,18H2,1-7H3. The van der Waals surface area contributed by atoms with Crippen LogP contribution >= 0.6 is 0 Å². The summed E-state index contributed by atoms with van der Waals surface area (Å²) in [5.41, 5.74) is 1.33. The summed E-state index contributed by atoms with van der Waals surface area (Å²) >= 11 is 0. The summed E-state index contributed by atoms with van der Waals surface area (Å²) in [5.74, 6) is 0.147. The highest BCUT2D eigenvalue weighted by Gasteiger charge is 2.38. The van der Waals surface area contributed by atoms with Crippen LogP contribution in [-0.4, -0.2) is 63.3 Å². The molecule has 0 saturated heterocycles. The number of benzene rings is 3. The maximum Gasteiger partial charge on any atom is 0.337 e. The third kappa shape index (κ3) is 5.89. The van der Waals surface area contributed by atoms with Crippen LogP contribution in [0.4, 0.5) is 0 Å². The van der Waals surface area contributed by atoms with Crippen LogP contribution in [0.25, 0.3) is 5.57 Å². The van der Waals surface area contributed by atoms with E-state index in [0.717, 1.165) is 4.90 Å². The SMILES string of the molecule is COc1ccc(C(=C(CN2C(=O)c3ccccc3C2=O)C(=O)OC(C)(C)C)c2ccc(OC)c(OC)c2)cc1OC. The van der Waals surface area contributed by atoms with Crippen molar-refractivity contribution in [3.8, 4) is 23.0 Å². The van der Waals surface area contributed by atoms with Crippen LogP contribution in [0.2, 0.25) is 0 Å². The molecule has 1 heterocycles. The van der Waals surface area contributed by atoms with Gasteiger partial charge < -0.3 is 23.7 Å². The van der Waals surface area contributed by atoms with Gasteiger partial charge in [-0.1, -0.05) is 24.3 Å². The molecule has 0 atom stereocenters. The normalized spacial score (nSPS) is 12.5. The van der Waals surface area contributed by atoms with E-state index in [9.17, 15) is 14.4 Å². The van der Waals surface area contributed by atoms with Gasteiger partial charge in [0.25, 0.3) is 11.8 Å². The lowest BCUT2D eigenvalue weighted by molar-refractivity contribution is -0.149. The molecule has 1 aliphatic heterocycles. The fourth-order valence-electron chi connectivity index (χ4n) is 4.62. The van der Waals surface area contributed by atoms with E-state index in [1.165, 1.54) is 28.4 Å². The summed E-state index contributed by atoms with van der Waals surface area (Å²) in [6.07, 6.45) is 0. The first kappa shape index (κ1) is 29.2. The Morgan fingerprint density at radius 3 is 1.51 bits per heavy atom. The van der Waals surface area contributed by atoms with E-state index in [2.05, 4.69) is 0 Å². The lowest BCUT2D eigenvalue weighted by Crippen LogP contribution is -2.36. The van der Waals surface area contributed by atoms with Gasteiger partial charge >= 0.3 is 5.97 Å². The first-order chi connectivity index (χ1) is 19.5. The van der Waals surface area contributed by atoms with Gasteiger partial charge in [0.2, 0.25) is 0 Å². The molecule has 0 bridgehead atoms. The zero-order valence-electron chi connectivity index (χ0n) is 24.2. The molecule has 0 aliphatic carbocycles. The molecule has 3 aromatic carbocycles. The van der Waals surface area contributed by atoms with E-state index in [-0.39, 0.29) is 23.2 Å². The minimum atomic E-state index is -0.857. The summed E-state index contributed by atoms with van der Waals surface area (Å²) in [6.45, 7) is 4.91. The highest BCUT2D eigenvalue weighted by atomic mass is 16.6. The molecule has 41 heavy (non-hydrogen) atoms. The molecular weight excluding hydrogens is 526 g/mol. The number of hydrogen-bond acceptors (Lipinski definition) is 8. The first-order valence-electron chi connectivity index (χ1n) is 12.9. The summed E-state index contributed by atoms with van der Waals surface area (Å²) in [6, 6.07) is 17.0. The monoisotopic (exact) mass is 559 g/mol. The van der Waals surface area contributed by atoms with Gasteiger partial charge in [0.15, 0.2) is 23.0 Å². The molecule has 1 aliphatic rings. The molecule has 0 N–H and O–H groups in total. The van der Waals surface area contributed by atoms with E-state index >= 15 is 0 Å². The van der Waals surface area contributed by atoms with Crippen molar-refractivity contribution < 1.29 is 38.1 Å². The number of hydrogen-bond donors (Lipinski definition) is 0. The molecule has 0 fully saturated rings. The zero-order chi connectivity index (χ0) is 29.9. The highest BCUT2D eigenvalue weighted by molar-refractivity contribution is 6.22. The van der Waals surface area contributed by atoms with Gasteiger partial charge in [-0.2, -0.15) is 0 Å². The van der Waals surface area contributed by atoms with Crippen molar-refractivity contribution >= 4 is 23.4 Å². The van der Waals surface area contributed by atoms with Crippen LogP contribution in [0.5, 0.6) is 23.0 Å². The van der Waals surface area contributed by atoms with E-state index in [1.54, 1.807) is 81.4 Å². The second-order valence-electron chi connectivity index (χ2n) is 10.2. The van der Waals surface area contributed by atoms with E-state index in [0.29, 0.717) is 39.7 Å². The Balaban J connectivity index is 2.01. The van der Waals surface area contributed by atoms with E-state index in [1.807, 2.05) is 0 Å². The third-order valence-electron chi connectivity index (χ3n) is 6.49. The van der Waals surface area contributed by atoms with Crippen LogP contribution in [0.15, 0.2) is 66.2 Å². The largest absolute Gasteiger partial charge is 0.493 e. The van der Waals surface area contributed by atoms with E-state index in [4.69, 9.17) is 23.7 Å². The number of carbonyl (C=O) groups is 3. The molecule has 9 heteroatoms. The molecule has 0 radical (unpaired) electrons. The summed E-state index contributed by atoms with van der Waals surface area (Å²) < 4.78 is 27.8. The van der Waals surface area contributed by atoms with E-state index < -0.39 is 23.4 Å². The third-order valence-corrected chi connectivity index (χ3v) is 6.49. The maximum absolute atomic E-state index is 13.9. The van der Waals surface area contributed by atoms with Crippen LogP contribution < -0.4 is 18.9 Å². The molecule has 0 unspecified atom stereocenters. The van der Waals surface area contributed by atoms with Gasteiger partial charge in [0.05, 0.1) is 51.7 Å². The topological polar surface area (TPSA) is 101 Å². The molecule has 9 nitrogen and oxygen atoms in total. The van der Waals surface area contributed by atoms with Gasteiger partial charge in [0, 0.05) is 5.57 Å². The number of imide groups is 1. The Bertz CT molecular complexity index is 1440. The Hall–Kier alpha value is -4.79. The van der Waals surface area contributed by atoms with Gasteiger partial charge in [-0.15, -0.1) is 0 Å². The molecule has 4 rings (SSSR count). The number of carbonyl (C=O) groups excluding carboxylic acids is 3. The number of amides is 2. The Morgan fingerprint density at radius 2 is 1.12 bits per heavy atom. The predicted molar refractivity (Wildman–Crippen MR) is 153 cm³/mol. The van der Waals surface area contributed by atoms with Gasteiger partial charge in [-0.25, -0.2) is 4.79 Å². The van der Waals surface area contributed by atoms with Crippen molar-refractivity contribution in [2.75, 3.05) is 35.0 Å². The number of nitrogens with zero attached hydrogens (tertiary/aromatic N) is 1. The number of fused-ring (bicyclic) bond motifs is 1. The van der Waals surface area contributed by atoms with Crippen LogP contribution in [0, 0.1) is 0 Å². The molecule has 0 spiro atoms. The van der Waals surface area contributed by atoms with Crippen LogP contribution in [0.3, 0.4) is 0 Å². The number of methoxy groups -OCH3 is 4. The summed E-state index contributed by atoms with van der Waals surface area (Å²) in [7, 11) is 6.07. The van der Waals surface area contributed by atoms with Crippen molar-refractivity contribution in [2.24, 2.45) is 0 Å².